The number of aryl methyl sites for hydroxylation is 1. The number of hydrogen-bond acceptors (Lipinski definition) is 4. The molecule has 0 spiro atoms. The van der Waals surface area contributed by atoms with Crippen LogP contribution in [0.15, 0.2) is 41.1 Å². The summed E-state index contributed by atoms with van der Waals surface area (Å²) in [6, 6.07) is 7.35. The summed E-state index contributed by atoms with van der Waals surface area (Å²) in [6.45, 7) is 0. The van der Waals surface area contributed by atoms with Gasteiger partial charge in [-0.05, 0) is 6.07 Å². The van der Waals surface area contributed by atoms with Gasteiger partial charge in [0.25, 0.3) is 0 Å². The zero-order valence-corrected chi connectivity index (χ0v) is 10.6. The van der Waals surface area contributed by atoms with E-state index in [-0.39, 0.29) is 0 Å². The van der Waals surface area contributed by atoms with Crippen LogP contribution in [0.5, 0.6) is 0 Å². The summed E-state index contributed by atoms with van der Waals surface area (Å²) in [4.78, 5) is 16.2. The lowest BCUT2D eigenvalue weighted by Crippen LogP contribution is -2.03. The third-order valence-electron chi connectivity index (χ3n) is 3.01. The zero-order chi connectivity index (χ0) is 13.4. The van der Waals surface area contributed by atoms with E-state index in [0.717, 1.165) is 5.39 Å². The molecule has 0 N–H and O–H groups in total. The lowest BCUT2D eigenvalue weighted by Gasteiger charge is -2.01. The molecule has 0 fully saturated rings. The number of ether oxygens (including phenoxy) is 1. The normalized spacial score (nSPS) is 10.8. The van der Waals surface area contributed by atoms with Gasteiger partial charge in [-0.1, -0.05) is 18.2 Å². The maximum Gasteiger partial charge on any atom is 0.342 e. The van der Waals surface area contributed by atoms with E-state index in [0.29, 0.717) is 22.7 Å². The van der Waals surface area contributed by atoms with Crippen molar-refractivity contribution in [2.75, 3.05) is 7.11 Å². The summed E-state index contributed by atoms with van der Waals surface area (Å²) in [7, 11) is 3.20. The molecule has 5 heteroatoms. The van der Waals surface area contributed by atoms with E-state index >= 15 is 0 Å². The molecule has 2 aromatic heterocycles. The van der Waals surface area contributed by atoms with Gasteiger partial charge in [-0.15, -0.1) is 0 Å². The highest BCUT2D eigenvalue weighted by atomic mass is 16.5. The summed E-state index contributed by atoms with van der Waals surface area (Å²) in [5, 5.41) is 0.729. The molecule has 0 saturated carbocycles. The Morgan fingerprint density at radius 3 is 2.84 bits per heavy atom. The van der Waals surface area contributed by atoms with Crippen LogP contribution in [0.1, 0.15) is 10.4 Å². The van der Waals surface area contributed by atoms with Crippen LogP contribution in [-0.2, 0) is 11.8 Å². The van der Waals surface area contributed by atoms with Gasteiger partial charge in [0.05, 0.1) is 7.11 Å². The molecule has 0 bridgehead atoms. The minimum Gasteiger partial charge on any atom is -0.465 e. The minimum atomic E-state index is -0.428. The molecule has 2 heterocycles. The van der Waals surface area contributed by atoms with Crippen LogP contribution < -0.4 is 0 Å². The summed E-state index contributed by atoms with van der Waals surface area (Å²) < 4.78 is 12.4. The standard InChI is InChI=1S/C14H12N2O3/c1-16-8-7-15-13(16)12-11(14(17)18-2)9-5-3-4-6-10(9)19-12/h3-8H,1-2H3. The van der Waals surface area contributed by atoms with Crippen molar-refractivity contribution in [2.45, 2.75) is 0 Å². The van der Waals surface area contributed by atoms with Crippen LogP contribution in [0.25, 0.3) is 22.6 Å². The number of aromatic nitrogens is 2. The number of carbonyl (C=O) groups is 1. The first kappa shape index (κ1) is 11.5. The molecule has 0 aliphatic heterocycles. The molecule has 0 atom stereocenters. The van der Waals surface area contributed by atoms with Gasteiger partial charge in [-0.2, -0.15) is 0 Å². The highest BCUT2D eigenvalue weighted by Crippen LogP contribution is 2.32. The van der Waals surface area contributed by atoms with Gasteiger partial charge < -0.3 is 13.7 Å². The second-order valence-corrected chi connectivity index (χ2v) is 4.16. The molecular formula is C14H12N2O3. The highest BCUT2D eigenvalue weighted by Gasteiger charge is 2.24. The quantitative estimate of drug-likeness (QED) is 0.661. The Balaban J connectivity index is 2.35. The fraction of sp³-hybridized carbons (Fsp3) is 0.143. The average molecular weight is 256 g/mol. The summed E-state index contributed by atoms with van der Waals surface area (Å²) >= 11 is 0. The number of furan rings is 1. The number of hydrogen-bond donors (Lipinski definition) is 0. The van der Waals surface area contributed by atoms with Gasteiger partial charge in [-0.3, -0.25) is 0 Å². The van der Waals surface area contributed by atoms with Gasteiger partial charge in [0.2, 0.25) is 0 Å². The number of fused-ring (bicyclic) bond motifs is 1. The van der Waals surface area contributed by atoms with E-state index in [1.54, 1.807) is 17.0 Å². The third-order valence-corrected chi connectivity index (χ3v) is 3.01. The van der Waals surface area contributed by atoms with E-state index in [4.69, 9.17) is 9.15 Å². The summed E-state index contributed by atoms with van der Waals surface area (Å²) in [5.74, 6) is 0.597. The molecule has 3 aromatic rings. The number of esters is 1. The van der Waals surface area contributed by atoms with Crippen LogP contribution in [0, 0.1) is 0 Å². The smallest absolute Gasteiger partial charge is 0.342 e. The molecule has 1 aromatic carbocycles. The predicted molar refractivity (Wildman–Crippen MR) is 69.8 cm³/mol. The number of rotatable bonds is 2. The van der Waals surface area contributed by atoms with Crippen LogP contribution in [-0.4, -0.2) is 22.6 Å². The van der Waals surface area contributed by atoms with Crippen molar-refractivity contribution < 1.29 is 13.9 Å². The van der Waals surface area contributed by atoms with Crippen molar-refractivity contribution in [3.8, 4) is 11.6 Å². The summed E-state index contributed by atoms with van der Waals surface area (Å²) in [5.41, 5.74) is 1.05. The van der Waals surface area contributed by atoms with Gasteiger partial charge in [0, 0.05) is 24.8 Å². The first-order chi connectivity index (χ1) is 9.22. The number of imidazole rings is 1. The van der Waals surface area contributed by atoms with Crippen LogP contribution in [0.4, 0.5) is 0 Å². The molecule has 0 aliphatic rings. The topological polar surface area (TPSA) is 57.3 Å². The lowest BCUT2D eigenvalue weighted by atomic mass is 10.1. The van der Waals surface area contributed by atoms with E-state index in [9.17, 15) is 4.79 Å². The van der Waals surface area contributed by atoms with E-state index in [1.165, 1.54) is 7.11 Å². The fourth-order valence-electron chi connectivity index (χ4n) is 2.09. The second-order valence-electron chi connectivity index (χ2n) is 4.16. The number of carbonyl (C=O) groups excluding carboxylic acids is 1. The Morgan fingerprint density at radius 1 is 1.37 bits per heavy atom. The molecule has 5 nitrogen and oxygen atoms in total. The maximum absolute atomic E-state index is 12.0. The van der Waals surface area contributed by atoms with Gasteiger partial charge in [0.15, 0.2) is 11.6 Å². The second kappa shape index (κ2) is 4.28. The van der Waals surface area contributed by atoms with Crippen LogP contribution >= 0.6 is 0 Å². The molecule has 0 saturated heterocycles. The molecule has 0 radical (unpaired) electrons. The Hall–Kier alpha value is -2.56. The minimum absolute atomic E-state index is 0.410. The molecule has 3 rings (SSSR count). The predicted octanol–water partition coefficient (Wildman–Crippen LogP) is 2.62. The number of nitrogens with zero attached hydrogens (tertiary/aromatic N) is 2. The molecule has 0 aliphatic carbocycles. The van der Waals surface area contributed by atoms with Crippen LogP contribution in [0.2, 0.25) is 0 Å². The van der Waals surface area contributed by atoms with Crippen molar-refractivity contribution >= 4 is 16.9 Å². The van der Waals surface area contributed by atoms with E-state index < -0.39 is 5.97 Å². The molecule has 96 valence electrons. The van der Waals surface area contributed by atoms with E-state index in [1.807, 2.05) is 31.3 Å². The number of para-hydroxylation sites is 1. The van der Waals surface area contributed by atoms with Gasteiger partial charge >= 0.3 is 5.97 Å². The average Bonchev–Trinajstić information content (AvgIpc) is 3.00. The molecular weight excluding hydrogens is 244 g/mol. The van der Waals surface area contributed by atoms with Crippen molar-refractivity contribution in [1.29, 1.82) is 0 Å². The Kier molecular flexibility index (Phi) is 2.59. The number of methoxy groups -OCH3 is 1. The molecule has 0 unspecified atom stereocenters. The van der Waals surface area contributed by atoms with Gasteiger partial charge in [0.1, 0.15) is 11.1 Å². The Bertz CT molecular complexity index is 755. The molecule has 19 heavy (non-hydrogen) atoms. The maximum atomic E-state index is 12.0. The van der Waals surface area contributed by atoms with E-state index in [2.05, 4.69) is 4.98 Å². The Labute approximate surface area is 109 Å². The fourth-order valence-corrected chi connectivity index (χ4v) is 2.09. The number of benzene rings is 1. The first-order valence-corrected chi connectivity index (χ1v) is 5.80. The van der Waals surface area contributed by atoms with Crippen LogP contribution in [0.3, 0.4) is 0 Å². The lowest BCUT2D eigenvalue weighted by molar-refractivity contribution is 0.0603. The van der Waals surface area contributed by atoms with Gasteiger partial charge in [-0.25, -0.2) is 9.78 Å². The van der Waals surface area contributed by atoms with Crippen molar-refractivity contribution in [3.05, 3.63) is 42.2 Å². The van der Waals surface area contributed by atoms with Crippen molar-refractivity contribution in [3.63, 3.8) is 0 Å². The molecule has 0 amide bonds. The largest absolute Gasteiger partial charge is 0.465 e. The van der Waals surface area contributed by atoms with Crippen molar-refractivity contribution in [2.24, 2.45) is 7.05 Å². The Morgan fingerprint density at radius 2 is 2.16 bits per heavy atom. The third kappa shape index (κ3) is 1.71. The first-order valence-electron chi connectivity index (χ1n) is 5.80. The SMILES string of the molecule is COC(=O)c1c(-c2nccn2C)oc2ccccc12. The zero-order valence-electron chi connectivity index (χ0n) is 10.6. The van der Waals surface area contributed by atoms with Crippen molar-refractivity contribution in [1.82, 2.24) is 9.55 Å². The highest BCUT2D eigenvalue weighted by molar-refractivity contribution is 6.08. The summed E-state index contributed by atoms with van der Waals surface area (Å²) in [6.07, 6.45) is 3.45. The monoisotopic (exact) mass is 256 g/mol.